The van der Waals surface area contributed by atoms with Crippen LogP contribution in [0.15, 0.2) is 73.4 Å². The molecule has 5 rings (SSSR count). The van der Waals surface area contributed by atoms with Crippen LogP contribution >= 0.6 is 0 Å². The van der Waals surface area contributed by atoms with Gasteiger partial charge in [-0.2, -0.15) is 0 Å². The Morgan fingerprint density at radius 1 is 0.950 bits per heavy atom. The molecule has 7 heteroatoms. The fourth-order valence-corrected chi connectivity index (χ4v) is 5.77. The Labute approximate surface area is 236 Å². The Morgan fingerprint density at radius 3 is 2.25 bits per heavy atom. The van der Waals surface area contributed by atoms with Crippen molar-refractivity contribution < 1.29 is 13.9 Å². The van der Waals surface area contributed by atoms with E-state index in [0.717, 1.165) is 87.4 Å². The molecule has 0 radical (unpaired) electrons. The zero-order valence-electron chi connectivity index (χ0n) is 23.3. The van der Waals surface area contributed by atoms with Crippen molar-refractivity contribution in [2.45, 2.75) is 44.7 Å². The summed E-state index contributed by atoms with van der Waals surface area (Å²) in [7, 11) is 1.69. The standard InChI is InChI=1S/C33H39FN4O2/c1-24(38-19-17-37(18-20-38)23-27-3-10-29(34)11-4-27)28-9-16-32(35-22-28)33(39)36-30-12-5-25(6-13-30)21-26-7-14-31(40-2)15-8-26/h3-4,7-11,14-16,22,25,30H,1,5-6,12-13,17-21,23H2,2H3,(H,36,39). The lowest BCUT2D eigenvalue weighted by atomic mass is 9.82. The number of ether oxygens (including phenoxy) is 1. The van der Waals surface area contributed by atoms with Gasteiger partial charge in [0.1, 0.15) is 17.3 Å². The molecule has 1 aliphatic heterocycles. The number of carbonyl (C=O) groups is 1. The van der Waals surface area contributed by atoms with Crippen molar-refractivity contribution in [3.8, 4) is 5.75 Å². The van der Waals surface area contributed by atoms with E-state index in [-0.39, 0.29) is 17.8 Å². The summed E-state index contributed by atoms with van der Waals surface area (Å²) in [5.74, 6) is 1.23. The van der Waals surface area contributed by atoms with Crippen LogP contribution < -0.4 is 10.1 Å². The quantitative estimate of drug-likeness (QED) is 0.384. The fourth-order valence-electron chi connectivity index (χ4n) is 5.77. The molecule has 1 aromatic heterocycles. The van der Waals surface area contributed by atoms with Crippen molar-refractivity contribution in [3.63, 3.8) is 0 Å². The molecule has 3 aromatic rings. The predicted molar refractivity (Wildman–Crippen MR) is 156 cm³/mol. The van der Waals surface area contributed by atoms with Gasteiger partial charge in [-0.3, -0.25) is 14.7 Å². The number of carbonyl (C=O) groups excluding carboxylic acids is 1. The second-order valence-electron chi connectivity index (χ2n) is 11.0. The summed E-state index contributed by atoms with van der Waals surface area (Å²) in [5.41, 5.74) is 4.76. The lowest BCUT2D eigenvalue weighted by Crippen LogP contribution is -2.44. The number of piperazine rings is 1. The smallest absolute Gasteiger partial charge is 0.270 e. The highest BCUT2D eigenvalue weighted by Gasteiger charge is 2.24. The number of methoxy groups -OCH3 is 1. The van der Waals surface area contributed by atoms with E-state index in [1.165, 1.54) is 17.7 Å². The van der Waals surface area contributed by atoms with Crippen LogP contribution in [0.5, 0.6) is 5.75 Å². The van der Waals surface area contributed by atoms with Gasteiger partial charge in [-0.15, -0.1) is 0 Å². The highest BCUT2D eigenvalue weighted by Crippen LogP contribution is 2.28. The molecule has 1 N–H and O–H groups in total. The molecule has 2 fully saturated rings. The SMILES string of the molecule is C=C(c1ccc(C(=O)NC2CCC(Cc3ccc(OC)cc3)CC2)nc1)N1CCN(Cc2ccc(F)cc2)CC1. The molecular formula is C33H39FN4O2. The van der Waals surface area contributed by atoms with Gasteiger partial charge in [-0.1, -0.05) is 30.8 Å². The van der Waals surface area contributed by atoms with Crippen LogP contribution in [-0.2, 0) is 13.0 Å². The number of nitrogens with one attached hydrogen (secondary N) is 1. The Kier molecular flexibility index (Phi) is 9.12. The number of hydrogen-bond donors (Lipinski definition) is 1. The summed E-state index contributed by atoms with van der Waals surface area (Å²) in [5, 5.41) is 3.20. The molecule has 40 heavy (non-hydrogen) atoms. The number of rotatable bonds is 9. The third-order valence-corrected chi connectivity index (χ3v) is 8.27. The van der Waals surface area contributed by atoms with Gasteiger partial charge in [0.15, 0.2) is 0 Å². The van der Waals surface area contributed by atoms with Gasteiger partial charge < -0.3 is 15.0 Å². The van der Waals surface area contributed by atoms with E-state index in [2.05, 4.69) is 38.8 Å². The van der Waals surface area contributed by atoms with E-state index in [0.29, 0.717) is 11.6 Å². The third-order valence-electron chi connectivity index (χ3n) is 8.27. The zero-order chi connectivity index (χ0) is 27.9. The van der Waals surface area contributed by atoms with Crippen molar-refractivity contribution in [3.05, 3.63) is 102 Å². The van der Waals surface area contributed by atoms with Crippen LogP contribution in [0.3, 0.4) is 0 Å². The van der Waals surface area contributed by atoms with Crippen molar-refractivity contribution in [1.82, 2.24) is 20.1 Å². The number of pyridine rings is 1. The molecule has 0 bridgehead atoms. The van der Waals surface area contributed by atoms with Crippen molar-refractivity contribution in [2.24, 2.45) is 5.92 Å². The van der Waals surface area contributed by atoms with Gasteiger partial charge in [0, 0.05) is 56.2 Å². The minimum absolute atomic E-state index is 0.106. The van der Waals surface area contributed by atoms with Crippen LogP contribution in [0.2, 0.25) is 0 Å². The molecular weight excluding hydrogens is 503 g/mol. The largest absolute Gasteiger partial charge is 0.497 e. The maximum Gasteiger partial charge on any atom is 0.270 e. The van der Waals surface area contributed by atoms with Crippen LogP contribution in [0.1, 0.15) is 52.9 Å². The first-order valence-electron chi connectivity index (χ1n) is 14.3. The molecule has 0 unspecified atom stereocenters. The number of hydrogen-bond acceptors (Lipinski definition) is 5. The Hall–Kier alpha value is -3.71. The lowest BCUT2D eigenvalue weighted by Gasteiger charge is -2.37. The maximum atomic E-state index is 13.2. The molecule has 0 atom stereocenters. The van der Waals surface area contributed by atoms with Crippen LogP contribution in [-0.4, -0.2) is 60.0 Å². The molecule has 2 aliphatic rings. The van der Waals surface area contributed by atoms with Crippen molar-refractivity contribution in [1.29, 1.82) is 0 Å². The fraction of sp³-hybridized carbons (Fsp3) is 0.394. The Morgan fingerprint density at radius 2 is 1.62 bits per heavy atom. The first-order chi connectivity index (χ1) is 19.5. The van der Waals surface area contributed by atoms with Crippen LogP contribution in [0.25, 0.3) is 5.70 Å². The lowest BCUT2D eigenvalue weighted by molar-refractivity contribution is 0.0916. The van der Waals surface area contributed by atoms with Crippen molar-refractivity contribution >= 4 is 11.6 Å². The normalized spacial score (nSPS) is 19.7. The average Bonchev–Trinajstić information content (AvgIpc) is 3.00. The van der Waals surface area contributed by atoms with Gasteiger partial charge in [0.2, 0.25) is 0 Å². The minimum atomic E-state index is -0.203. The third kappa shape index (κ3) is 7.27. The monoisotopic (exact) mass is 542 g/mol. The van der Waals surface area contributed by atoms with E-state index in [1.807, 2.05) is 30.3 Å². The molecule has 6 nitrogen and oxygen atoms in total. The van der Waals surface area contributed by atoms with Crippen LogP contribution in [0.4, 0.5) is 4.39 Å². The van der Waals surface area contributed by atoms with Gasteiger partial charge in [-0.25, -0.2) is 4.39 Å². The molecule has 1 amide bonds. The molecule has 1 saturated carbocycles. The number of benzene rings is 2. The molecule has 2 aromatic carbocycles. The zero-order valence-corrected chi connectivity index (χ0v) is 23.3. The summed E-state index contributed by atoms with van der Waals surface area (Å²) < 4.78 is 18.4. The highest BCUT2D eigenvalue weighted by molar-refractivity contribution is 5.92. The van der Waals surface area contributed by atoms with Gasteiger partial charge in [-0.05, 0) is 85.5 Å². The average molecular weight is 543 g/mol. The first kappa shape index (κ1) is 27.8. The first-order valence-corrected chi connectivity index (χ1v) is 14.3. The number of halogens is 1. The molecule has 1 saturated heterocycles. The van der Waals surface area contributed by atoms with Crippen molar-refractivity contribution in [2.75, 3.05) is 33.3 Å². The Balaban J connectivity index is 1.05. The summed E-state index contributed by atoms with van der Waals surface area (Å²) in [4.78, 5) is 22.0. The Bertz CT molecular complexity index is 1260. The topological polar surface area (TPSA) is 57.7 Å². The molecule has 1 aliphatic carbocycles. The summed E-state index contributed by atoms with van der Waals surface area (Å²) in [6, 6.07) is 19.0. The maximum absolute atomic E-state index is 13.2. The summed E-state index contributed by atoms with van der Waals surface area (Å²) in [6.45, 7) is 8.66. The van der Waals surface area contributed by atoms with E-state index in [9.17, 15) is 9.18 Å². The van der Waals surface area contributed by atoms with Gasteiger partial charge in [0.05, 0.1) is 7.11 Å². The van der Waals surface area contributed by atoms with E-state index in [1.54, 1.807) is 19.4 Å². The molecule has 0 spiro atoms. The number of amides is 1. The highest BCUT2D eigenvalue weighted by atomic mass is 19.1. The summed E-state index contributed by atoms with van der Waals surface area (Å²) >= 11 is 0. The summed E-state index contributed by atoms with van der Waals surface area (Å²) in [6.07, 6.45) is 7.04. The van der Waals surface area contributed by atoms with Gasteiger partial charge in [0.25, 0.3) is 5.91 Å². The molecule has 2 heterocycles. The van der Waals surface area contributed by atoms with Gasteiger partial charge >= 0.3 is 0 Å². The minimum Gasteiger partial charge on any atom is -0.497 e. The second kappa shape index (κ2) is 13.1. The van der Waals surface area contributed by atoms with E-state index in [4.69, 9.17) is 4.74 Å². The van der Waals surface area contributed by atoms with E-state index >= 15 is 0 Å². The molecule has 210 valence electrons. The second-order valence-corrected chi connectivity index (χ2v) is 11.0. The van der Waals surface area contributed by atoms with Crippen LogP contribution in [0, 0.1) is 11.7 Å². The predicted octanol–water partition coefficient (Wildman–Crippen LogP) is 5.55. The van der Waals surface area contributed by atoms with E-state index < -0.39 is 0 Å². The number of nitrogens with zero attached hydrogens (tertiary/aromatic N) is 3. The number of aromatic nitrogens is 1.